The number of furan rings is 1. The van der Waals surface area contributed by atoms with E-state index in [0.717, 1.165) is 6.42 Å². The zero-order valence-corrected chi connectivity index (χ0v) is 13.6. The number of rotatable bonds is 6. The molecular formula is C16H19NO4S. The van der Waals surface area contributed by atoms with Gasteiger partial charge in [-0.15, -0.1) is 11.3 Å². The van der Waals surface area contributed by atoms with Crippen LogP contribution < -0.4 is 5.32 Å². The summed E-state index contributed by atoms with van der Waals surface area (Å²) in [6.07, 6.45) is 1.87. The number of thiophene rings is 1. The minimum absolute atomic E-state index is 0.0440. The molecule has 0 bridgehead atoms. The third-order valence-corrected chi connectivity index (χ3v) is 4.29. The molecule has 0 saturated heterocycles. The van der Waals surface area contributed by atoms with Crippen molar-refractivity contribution in [2.24, 2.45) is 0 Å². The summed E-state index contributed by atoms with van der Waals surface area (Å²) >= 11 is 1.71. The first-order valence-electron chi connectivity index (χ1n) is 7.01. The molecule has 1 amide bonds. The summed E-state index contributed by atoms with van der Waals surface area (Å²) in [6, 6.07) is 4.07. The van der Waals surface area contributed by atoms with Gasteiger partial charge in [0.2, 0.25) is 0 Å². The first-order chi connectivity index (χ1) is 10.4. The zero-order chi connectivity index (χ0) is 16.3. The summed E-state index contributed by atoms with van der Waals surface area (Å²) < 4.78 is 5.19. The second-order valence-electron chi connectivity index (χ2n) is 5.38. The molecule has 2 rings (SSSR count). The van der Waals surface area contributed by atoms with E-state index < -0.39 is 5.97 Å². The molecule has 0 spiro atoms. The molecule has 22 heavy (non-hydrogen) atoms. The predicted octanol–water partition coefficient (Wildman–Crippen LogP) is 2.95. The van der Waals surface area contributed by atoms with Gasteiger partial charge < -0.3 is 14.8 Å². The Kier molecular flexibility index (Phi) is 5.03. The van der Waals surface area contributed by atoms with Gasteiger partial charge in [0.1, 0.15) is 12.2 Å². The number of carboxylic acids is 1. The molecule has 118 valence electrons. The van der Waals surface area contributed by atoms with Gasteiger partial charge in [-0.3, -0.25) is 9.59 Å². The molecule has 0 aliphatic rings. The van der Waals surface area contributed by atoms with Gasteiger partial charge in [0, 0.05) is 27.8 Å². The van der Waals surface area contributed by atoms with Crippen LogP contribution in [0.4, 0.5) is 0 Å². The largest absolute Gasteiger partial charge is 0.481 e. The van der Waals surface area contributed by atoms with Crippen LogP contribution in [0.1, 0.15) is 38.4 Å². The van der Waals surface area contributed by atoms with Gasteiger partial charge in [-0.1, -0.05) is 0 Å². The van der Waals surface area contributed by atoms with Gasteiger partial charge in [-0.2, -0.15) is 0 Å². The Hall–Kier alpha value is -2.08. The molecule has 0 fully saturated rings. The van der Waals surface area contributed by atoms with Crippen molar-refractivity contribution in [1.82, 2.24) is 5.32 Å². The van der Waals surface area contributed by atoms with Crippen LogP contribution >= 0.6 is 11.3 Å². The highest BCUT2D eigenvalue weighted by atomic mass is 32.1. The van der Waals surface area contributed by atoms with Crippen molar-refractivity contribution in [3.63, 3.8) is 0 Å². The van der Waals surface area contributed by atoms with Crippen molar-refractivity contribution in [2.45, 2.75) is 39.7 Å². The monoisotopic (exact) mass is 321 g/mol. The summed E-state index contributed by atoms with van der Waals surface area (Å²) in [5, 5.41) is 11.8. The Morgan fingerprint density at radius 2 is 2.09 bits per heavy atom. The lowest BCUT2D eigenvalue weighted by Crippen LogP contribution is -2.34. The van der Waals surface area contributed by atoms with Crippen LogP contribution in [0.3, 0.4) is 0 Å². The smallest absolute Gasteiger partial charge is 0.311 e. The summed E-state index contributed by atoms with van der Waals surface area (Å²) in [5.41, 5.74) is 0.976. The number of nitrogens with one attached hydrogen (secondary N) is 1. The number of carbonyl (C=O) groups excluding carboxylic acids is 1. The number of aliphatic carboxylic acids is 1. The molecule has 1 atom stereocenters. The fourth-order valence-corrected chi connectivity index (χ4v) is 3.33. The fraction of sp³-hybridized carbons (Fsp3) is 0.375. The average molecular weight is 321 g/mol. The maximum absolute atomic E-state index is 12.4. The molecule has 0 aromatic carbocycles. The third kappa shape index (κ3) is 3.98. The van der Waals surface area contributed by atoms with Crippen LogP contribution in [0.15, 0.2) is 22.8 Å². The number of amides is 1. The lowest BCUT2D eigenvalue weighted by atomic mass is 10.1. The van der Waals surface area contributed by atoms with E-state index in [9.17, 15) is 9.59 Å². The van der Waals surface area contributed by atoms with E-state index in [0.29, 0.717) is 11.1 Å². The number of hydrogen-bond donors (Lipinski definition) is 2. The van der Waals surface area contributed by atoms with Crippen LogP contribution in [0.5, 0.6) is 0 Å². The van der Waals surface area contributed by atoms with Gasteiger partial charge in [-0.25, -0.2) is 0 Å². The van der Waals surface area contributed by atoms with E-state index in [2.05, 4.69) is 17.4 Å². The first kappa shape index (κ1) is 16.3. The van der Waals surface area contributed by atoms with E-state index in [4.69, 9.17) is 9.52 Å². The maximum atomic E-state index is 12.4. The lowest BCUT2D eigenvalue weighted by Gasteiger charge is -2.13. The Morgan fingerprint density at radius 1 is 1.36 bits per heavy atom. The van der Waals surface area contributed by atoms with Crippen molar-refractivity contribution in [3.05, 3.63) is 45.0 Å². The Labute approximate surface area is 133 Å². The molecular weight excluding hydrogens is 302 g/mol. The van der Waals surface area contributed by atoms with Crippen molar-refractivity contribution in [3.8, 4) is 0 Å². The molecule has 0 radical (unpaired) electrons. The number of carbonyl (C=O) groups is 2. The lowest BCUT2D eigenvalue weighted by molar-refractivity contribution is -0.136. The Balaban J connectivity index is 2.05. The second kappa shape index (κ2) is 6.79. The highest BCUT2D eigenvalue weighted by Gasteiger charge is 2.21. The summed E-state index contributed by atoms with van der Waals surface area (Å²) in [7, 11) is 0. The number of carboxylic acid groups (broad SMARTS) is 1. The molecule has 0 saturated carbocycles. The molecule has 2 heterocycles. The topological polar surface area (TPSA) is 79.5 Å². The molecule has 0 aliphatic carbocycles. The van der Waals surface area contributed by atoms with Crippen LogP contribution in [0.2, 0.25) is 0 Å². The Morgan fingerprint density at radius 3 is 2.68 bits per heavy atom. The first-order valence-corrected chi connectivity index (χ1v) is 7.83. The minimum atomic E-state index is -1.02. The van der Waals surface area contributed by atoms with Crippen molar-refractivity contribution < 1.29 is 19.1 Å². The maximum Gasteiger partial charge on any atom is 0.311 e. The molecule has 2 aromatic rings. The van der Waals surface area contributed by atoms with Gasteiger partial charge >= 0.3 is 5.97 Å². The van der Waals surface area contributed by atoms with E-state index in [1.54, 1.807) is 18.3 Å². The normalized spacial score (nSPS) is 12.1. The summed E-state index contributed by atoms with van der Waals surface area (Å²) in [5.74, 6) is -1.12. The van der Waals surface area contributed by atoms with Crippen molar-refractivity contribution in [1.29, 1.82) is 0 Å². The van der Waals surface area contributed by atoms with E-state index >= 15 is 0 Å². The average Bonchev–Trinajstić information content (AvgIpc) is 2.95. The molecule has 6 heteroatoms. The van der Waals surface area contributed by atoms with E-state index in [1.807, 2.05) is 13.8 Å². The highest BCUT2D eigenvalue weighted by molar-refractivity contribution is 7.11. The quantitative estimate of drug-likeness (QED) is 0.857. The predicted molar refractivity (Wildman–Crippen MR) is 84.5 cm³/mol. The highest BCUT2D eigenvalue weighted by Crippen LogP contribution is 2.19. The number of hydrogen-bond acceptors (Lipinski definition) is 4. The standard InChI is InChI=1S/C16H19NO4S/c1-9-8-21-13(7-14(18)19)15(9)16(20)17-10(2)6-12-5-4-11(3)22-12/h4-5,8,10H,6-7H2,1-3H3,(H,17,20)(H,18,19). The molecule has 2 aromatic heterocycles. The second-order valence-corrected chi connectivity index (χ2v) is 6.75. The van der Waals surface area contributed by atoms with E-state index in [1.165, 1.54) is 16.0 Å². The third-order valence-electron chi connectivity index (χ3n) is 3.27. The number of aryl methyl sites for hydroxylation is 2. The zero-order valence-electron chi connectivity index (χ0n) is 12.8. The molecule has 0 aliphatic heterocycles. The van der Waals surface area contributed by atoms with Crippen LogP contribution in [-0.2, 0) is 17.6 Å². The summed E-state index contributed by atoms with van der Waals surface area (Å²) in [6.45, 7) is 5.71. The summed E-state index contributed by atoms with van der Waals surface area (Å²) in [4.78, 5) is 25.6. The van der Waals surface area contributed by atoms with Gasteiger partial charge in [0.15, 0.2) is 0 Å². The SMILES string of the molecule is Cc1ccc(CC(C)NC(=O)c2c(C)coc2CC(=O)O)s1. The van der Waals surface area contributed by atoms with Crippen LogP contribution in [-0.4, -0.2) is 23.0 Å². The minimum Gasteiger partial charge on any atom is -0.481 e. The van der Waals surface area contributed by atoms with E-state index in [-0.39, 0.29) is 24.1 Å². The molecule has 5 nitrogen and oxygen atoms in total. The van der Waals surface area contributed by atoms with Gasteiger partial charge in [0.25, 0.3) is 5.91 Å². The van der Waals surface area contributed by atoms with Crippen LogP contribution in [0.25, 0.3) is 0 Å². The van der Waals surface area contributed by atoms with Crippen LogP contribution in [0, 0.1) is 13.8 Å². The van der Waals surface area contributed by atoms with Gasteiger partial charge in [-0.05, 0) is 32.9 Å². The molecule has 2 N–H and O–H groups in total. The van der Waals surface area contributed by atoms with Crippen molar-refractivity contribution in [2.75, 3.05) is 0 Å². The Bertz CT molecular complexity index is 686. The fourth-order valence-electron chi connectivity index (χ4n) is 2.31. The van der Waals surface area contributed by atoms with Gasteiger partial charge in [0.05, 0.1) is 11.8 Å². The van der Waals surface area contributed by atoms with Crippen molar-refractivity contribution >= 4 is 23.2 Å². The molecule has 1 unspecified atom stereocenters.